The van der Waals surface area contributed by atoms with Gasteiger partial charge in [0, 0.05) is 23.4 Å². The molecule has 4 N–H and O–H groups in total. The Morgan fingerprint density at radius 3 is 2.67 bits per heavy atom. The number of carbonyl (C=O) groups is 1. The zero-order valence-electron chi connectivity index (χ0n) is 20.7. The van der Waals surface area contributed by atoms with E-state index in [4.69, 9.17) is 10.4 Å². The van der Waals surface area contributed by atoms with Crippen molar-refractivity contribution >= 4 is 32.6 Å². The molecule has 0 aliphatic carbocycles. The molecule has 10 heteroatoms. The quantitative estimate of drug-likeness (QED) is 0.334. The van der Waals surface area contributed by atoms with Gasteiger partial charge in [0.25, 0.3) is 0 Å². The van der Waals surface area contributed by atoms with E-state index in [-0.39, 0.29) is 35.0 Å². The largest absolute Gasteiger partial charge is 0.395 e. The molecule has 0 bridgehead atoms. The monoisotopic (exact) mass is 559 g/mol. The first-order chi connectivity index (χ1) is 17.1. The van der Waals surface area contributed by atoms with Gasteiger partial charge in [0.2, 0.25) is 0 Å². The smallest absolute Gasteiger partial charge is 0.161 e. The lowest BCUT2D eigenvalue weighted by molar-refractivity contribution is -0.137. The summed E-state index contributed by atoms with van der Waals surface area (Å²) in [4.78, 5) is 22.8. The zero-order valence-corrected chi connectivity index (χ0v) is 22.3. The van der Waals surface area contributed by atoms with Gasteiger partial charge in [0.1, 0.15) is 17.4 Å². The normalized spacial score (nSPS) is 19.1. The fraction of sp³-hybridized carbons (Fsp3) is 0.462. The maximum Gasteiger partial charge on any atom is 0.161 e. The predicted molar refractivity (Wildman–Crippen MR) is 138 cm³/mol. The molecule has 36 heavy (non-hydrogen) atoms. The van der Waals surface area contributed by atoms with E-state index in [2.05, 4.69) is 26.3 Å². The fourth-order valence-electron chi connectivity index (χ4n) is 5.04. The molecular formula is C26H31BrFN5O3. The van der Waals surface area contributed by atoms with Crippen LogP contribution in [0.15, 0.2) is 34.9 Å². The molecule has 4 unspecified atom stereocenters. The summed E-state index contributed by atoms with van der Waals surface area (Å²) in [6, 6.07) is 6.24. The minimum Gasteiger partial charge on any atom is -0.395 e. The van der Waals surface area contributed by atoms with Crippen LogP contribution >= 0.6 is 15.9 Å². The highest BCUT2D eigenvalue weighted by Gasteiger charge is 2.41. The van der Waals surface area contributed by atoms with E-state index >= 15 is 0 Å². The van der Waals surface area contributed by atoms with Crippen molar-refractivity contribution in [2.24, 2.45) is 11.3 Å². The molecule has 0 saturated heterocycles. The summed E-state index contributed by atoms with van der Waals surface area (Å²) < 4.78 is 16.0. The molecule has 1 aromatic carbocycles. The molecule has 0 amide bonds. The molecule has 192 valence electrons. The highest BCUT2D eigenvalue weighted by atomic mass is 79.9. The Morgan fingerprint density at radius 1 is 1.33 bits per heavy atom. The molecule has 4 atom stereocenters. The molecule has 0 saturated carbocycles. The molecule has 3 heterocycles. The molecule has 0 spiro atoms. The fourth-order valence-corrected chi connectivity index (χ4v) is 5.66. The maximum absolute atomic E-state index is 13.9. The summed E-state index contributed by atoms with van der Waals surface area (Å²) in [6.45, 7) is 6.40. The number of aromatic nitrogens is 3. The summed E-state index contributed by atoms with van der Waals surface area (Å²) in [7, 11) is 0. The lowest BCUT2D eigenvalue weighted by Crippen LogP contribution is -2.41. The molecule has 1 aliphatic rings. The van der Waals surface area contributed by atoms with Gasteiger partial charge in [-0.05, 0) is 66.0 Å². The van der Waals surface area contributed by atoms with Crippen molar-refractivity contribution in [3.05, 3.63) is 63.3 Å². The molecule has 4 rings (SSSR count). The number of nitrogens with one attached hydrogen (secondary N) is 2. The van der Waals surface area contributed by atoms with Crippen LogP contribution in [0.2, 0.25) is 0 Å². The van der Waals surface area contributed by atoms with E-state index in [9.17, 15) is 19.4 Å². The van der Waals surface area contributed by atoms with E-state index in [0.29, 0.717) is 33.3 Å². The van der Waals surface area contributed by atoms with Gasteiger partial charge in [0.15, 0.2) is 5.49 Å². The summed E-state index contributed by atoms with van der Waals surface area (Å²) in [6.07, 6.45) is 2.24. The third-order valence-corrected chi connectivity index (χ3v) is 8.14. The number of fused-ring (bicyclic) bond motifs is 2. The number of halogens is 2. The number of aliphatic hydroxyl groups is 2. The lowest BCUT2D eigenvalue weighted by atomic mass is 9.74. The Morgan fingerprint density at radius 2 is 2.03 bits per heavy atom. The van der Waals surface area contributed by atoms with Crippen LogP contribution in [0, 0.1) is 22.6 Å². The van der Waals surface area contributed by atoms with E-state index in [0.717, 1.165) is 5.56 Å². The minimum atomic E-state index is -1.26. The summed E-state index contributed by atoms with van der Waals surface area (Å²) in [5.74, 6) is -1.14. The first kappa shape index (κ1) is 26.4. The molecule has 0 fully saturated rings. The Hall–Kier alpha value is -2.69. The number of aliphatic hydroxyl groups excluding tert-OH is 2. The number of nitrogens with zero attached hydrogens (tertiary/aromatic N) is 3. The predicted octanol–water partition coefficient (Wildman–Crippen LogP) is 3.58. The first-order valence-corrected chi connectivity index (χ1v) is 12.8. The Labute approximate surface area is 217 Å². The van der Waals surface area contributed by atoms with E-state index in [1.807, 2.05) is 26.8 Å². The number of carbonyl (C=O) groups excluding carboxylic acids is 1. The van der Waals surface area contributed by atoms with Gasteiger partial charge in [0.05, 0.1) is 46.3 Å². The van der Waals surface area contributed by atoms with Crippen LogP contribution in [0.5, 0.6) is 0 Å². The van der Waals surface area contributed by atoms with Crippen molar-refractivity contribution in [1.82, 2.24) is 14.6 Å². The summed E-state index contributed by atoms with van der Waals surface area (Å²) >= 11 is 3.53. The van der Waals surface area contributed by atoms with Crippen molar-refractivity contribution in [2.75, 3.05) is 18.6 Å². The molecular weight excluding hydrogens is 529 g/mol. The van der Waals surface area contributed by atoms with Crippen LogP contribution in [0.4, 0.5) is 4.39 Å². The van der Waals surface area contributed by atoms with Gasteiger partial charge >= 0.3 is 0 Å². The van der Waals surface area contributed by atoms with E-state index in [1.54, 1.807) is 23.9 Å². The van der Waals surface area contributed by atoms with Crippen molar-refractivity contribution < 1.29 is 19.4 Å². The van der Waals surface area contributed by atoms with Gasteiger partial charge in [-0.1, -0.05) is 13.8 Å². The average Bonchev–Trinajstić information content (AvgIpc) is 3.21. The van der Waals surface area contributed by atoms with Crippen molar-refractivity contribution in [2.45, 2.75) is 52.0 Å². The second-order valence-corrected chi connectivity index (χ2v) is 10.7. The van der Waals surface area contributed by atoms with Gasteiger partial charge < -0.3 is 15.6 Å². The minimum absolute atomic E-state index is 0.123. The number of pyridine rings is 1. The van der Waals surface area contributed by atoms with Crippen LogP contribution in [0.25, 0.3) is 10.9 Å². The Balaban J connectivity index is 1.81. The number of hydrogen-bond acceptors (Lipinski definition) is 7. The Kier molecular flexibility index (Phi) is 7.32. The van der Waals surface area contributed by atoms with Gasteiger partial charge in [-0.25, -0.2) is 14.1 Å². The molecule has 2 aromatic heterocycles. The number of benzene rings is 1. The first-order valence-electron chi connectivity index (χ1n) is 12.0. The number of rotatable bonds is 8. The summed E-state index contributed by atoms with van der Waals surface area (Å²) in [5.41, 5.74) is 4.28. The standard InChI is InChI=1S/C26H31BrFN5O3/c1-5-18(23(36)26(4,11-34)12-35)13(2)22-21(27)24(29)33-25(31-22)20(14(3)32-33)16-8-15-9-17(28)6-7-19(15)30-10-16/h6-10,13-14,18,20,29,32,34-35H,5,11-12H2,1-4H3. The molecule has 8 nitrogen and oxygen atoms in total. The number of ketones is 1. The topological polar surface area (TPSA) is 124 Å². The van der Waals surface area contributed by atoms with Gasteiger partial charge in [-0.15, -0.1) is 0 Å². The van der Waals surface area contributed by atoms with Gasteiger partial charge in [-0.2, -0.15) is 0 Å². The zero-order chi connectivity index (χ0) is 26.4. The van der Waals surface area contributed by atoms with Crippen molar-refractivity contribution in [3.63, 3.8) is 0 Å². The van der Waals surface area contributed by atoms with Crippen molar-refractivity contribution in [3.8, 4) is 0 Å². The molecule has 3 aromatic rings. The number of hydrogen-bond donors (Lipinski definition) is 4. The summed E-state index contributed by atoms with van der Waals surface area (Å²) in [5, 5.41) is 29.0. The molecule has 0 radical (unpaired) electrons. The Bertz CT molecular complexity index is 1370. The third kappa shape index (κ3) is 4.35. The highest BCUT2D eigenvalue weighted by Crippen LogP contribution is 2.38. The second kappa shape index (κ2) is 9.99. The van der Waals surface area contributed by atoms with E-state index in [1.165, 1.54) is 12.1 Å². The SMILES string of the molecule is CCC(C(=O)C(C)(CO)CO)C(C)c1nc2n(c(=N)c1Br)NC(C)C2c1cnc2ccc(F)cc2c1. The third-order valence-electron chi connectivity index (χ3n) is 7.36. The van der Waals surface area contributed by atoms with Crippen LogP contribution < -0.4 is 10.9 Å². The van der Waals surface area contributed by atoms with Crippen LogP contribution in [0.1, 0.15) is 63.0 Å². The van der Waals surface area contributed by atoms with Crippen molar-refractivity contribution in [1.29, 1.82) is 5.41 Å². The maximum atomic E-state index is 13.9. The van der Waals surface area contributed by atoms with Crippen LogP contribution in [0.3, 0.4) is 0 Å². The highest BCUT2D eigenvalue weighted by molar-refractivity contribution is 9.10. The second-order valence-electron chi connectivity index (χ2n) is 9.90. The van der Waals surface area contributed by atoms with E-state index < -0.39 is 24.5 Å². The molecule has 1 aliphatic heterocycles. The van der Waals surface area contributed by atoms with Gasteiger partial charge in [-0.3, -0.25) is 15.2 Å². The van der Waals surface area contributed by atoms with Crippen LogP contribution in [-0.2, 0) is 4.79 Å². The number of Topliss-reactive ketones (excluding diaryl/α,β-unsaturated/α-hetero) is 1. The average molecular weight is 560 g/mol. The van der Waals surface area contributed by atoms with Crippen LogP contribution in [-0.4, -0.2) is 49.9 Å². The lowest BCUT2D eigenvalue weighted by Gasteiger charge is -2.31.